The lowest BCUT2D eigenvalue weighted by Crippen LogP contribution is -2.45. The van der Waals surface area contributed by atoms with Gasteiger partial charge in [-0.15, -0.1) is 5.92 Å². The third-order valence-corrected chi connectivity index (χ3v) is 0.974. The zero-order valence-electron chi connectivity index (χ0n) is 5.99. The van der Waals surface area contributed by atoms with Gasteiger partial charge in [-0.2, -0.15) is 13.2 Å². The highest BCUT2D eigenvalue weighted by molar-refractivity contribution is 5.10. The Bertz CT molecular complexity index is 188. The Labute approximate surface area is 62.0 Å². The van der Waals surface area contributed by atoms with Gasteiger partial charge >= 0.3 is 12.0 Å². The first kappa shape index (κ1) is 10.3. The van der Waals surface area contributed by atoms with Crippen molar-refractivity contribution in [2.75, 3.05) is 7.11 Å². The molecule has 0 bridgehead atoms. The molecule has 0 aliphatic rings. The first-order valence-corrected chi connectivity index (χ1v) is 2.65. The van der Waals surface area contributed by atoms with Crippen molar-refractivity contribution in [1.29, 1.82) is 0 Å². The molecule has 0 amide bonds. The Morgan fingerprint density at radius 1 is 1.36 bits per heavy atom. The maximum atomic E-state index is 11.8. The lowest BCUT2D eigenvalue weighted by Gasteiger charge is -2.22. The number of aliphatic hydroxyl groups is 1. The number of rotatable bonds is 1. The van der Waals surface area contributed by atoms with E-state index >= 15 is 0 Å². The smallest absolute Gasteiger partial charge is 0.349 e. The summed E-state index contributed by atoms with van der Waals surface area (Å²) >= 11 is 0. The van der Waals surface area contributed by atoms with Crippen molar-refractivity contribution in [3.63, 3.8) is 0 Å². The molecule has 5 heteroatoms. The van der Waals surface area contributed by atoms with Crippen LogP contribution in [0.25, 0.3) is 0 Å². The molecule has 0 aliphatic heterocycles. The molecule has 0 fully saturated rings. The van der Waals surface area contributed by atoms with E-state index in [1.165, 1.54) is 12.8 Å². The minimum atomic E-state index is -4.88. The van der Waals surface area contributed by atoms with E-state index in [-0.39, 0.29) is 0 Å². The molecular weight excluding hydrogens is 161 g/mol. The molecule has 0 spiro atoms. The summed E-state index contributed by atoms with van der Waals surface area (Å²) in [6, 6.07) is 0. The number of methoxy groups -OCH3 is 1. The fourth-order valence-electron chi connectivity index (χ4n) is 0.407. The van der Waals surface area contributed by atoms with Crippen LogP contribution in [0.1, 0.15) is 6.92 Å². The van der Waals surface area contributed by atoms with Crippen LogP contribution in [-0.4, -0.2) is 24.2 Å². The first-order valence-electron chi connectivity index (χ1n) is 2.65. The van der Waals surface area contributed by atoms with Crippen molar-refractivity contribution in [3.05, 3.63) is 0 Å². The van der Waals surface area contributed by atoms with Crippen molar-refractivity contribution in [1.82, 2.24) is 0 Å². The van der Waals surface area contributed by atoms with Gasteiger partial charge in [0.1, 0.15) is 0 Å². The van der Waals surface area contributed by atoms with E-state index in [2.05, 4.69) is 4.74 Å². The molecule has 0 aromatic carbocycles. The quantitative estimate of drug-likeness (QED) is 0.465. The fraction of sp³-hybridized carbons (Fsp3) is 0.667. The average molecular weight is 168 g/mol. The fourth-order valence-corrected chi connectivity index (χ4v) is 0.407. The molecule has 64 valence electrons. The van der Waals surface area contributed by atoms with E-state index < -0.39 is 12.0 Å². The van der Waals surface area contributed by atoms with E-state index in [9.17, 15) is 13.2 Å². The summed E-state index contributed by atoms with van der Waals surface area (Å²) < 4.78 is 39.2. The molecule has 0 aliphatic carbocycles. The third kappa shape index (κ3) is 2.10. The molecule has 0 aromatic rings. The van der Waals surface area contributed by atoms with Crippen LogP contribution in [0.5, 0.6) is 0 Å². The van der Waals surface area contributed by atoms with Gasteiger partial charge in [0.25, 0.3) is 0 Å². The Morgan fingerprint density at radius 2 is 1.82 bits per heavy atom. The highest BCUT2D eigenvalue weighted by atomic mass is 19.4. The van der Waals surface area contributed by atoms with Crippen molar-refractivity contribution in [2.24, 2.45) is 0 Å². The van der Waals surface area contributed by atoms with Gasteiger partial charge in [-0.1, -0.05) is 0 Å². The second-order valence-electron chi connectivity index (χ2n) is 1.72. The predicted molar refractivity (Wildman–Crippen MR) is 31.5 cm³/mol. The minimum Gasteiger partial charge on any atom is -0.349 e. The van der Waals surface area contributed by atoms with Crippen LogP contribution in [-0.2, 0) is 4.74 Å². The molecule has 11 heavy (non-hydrogen) atoms. The summed E-state index contributed by atoms with van der Waals surface area (Å²) in [5.41, 5.74) is 0. The van der Waals surface area contributed by atoms with Crippen molar-refractivity contribution >= 4 is 0 Å². The van der Waals surface area contributed by atoms with Gasteiger partial charge in [-0.05, 0) is 12.8 Å². The minimum absolute atomic E-state index is 0.734. The molecular formula is C6H7F3O2. The topological polar surface area (TPSA) is 29.5 Å². The Morgan fingerprint density at radius 3 is 1.91 bits per heavy atom. The summed E-state index contributed by atoms with van der Waals surface area (Å²) in [5, 5.41) is 8.64. The van der Waals surface area contributed by atoms with Gasteiger partial charge in [-0.3, -0.25) is 0 Å². The number of ether oxygens (including phenoxy) is 1. The van der Waals surface area contributed by atoms with Crippen molar-refractivity contribution in [2.45, 2.75) is 18.9 Å². The Kier molecular flexibility index (Phi) is 2.91. The second-order valence-corrected chi connectivity index (χ2v) is 1.72. The molecule has 0 aromatic heterocycles. The second kappa shape index (κ2) is 3.11. The number of halogens is 3. The average Bonchev–Trinajstić information content (AvgIpc) is 1.86. The van der Waals surface area contributed by atoms with Crippen LogP contribution in [0.15, 0.2) is 0 Å². The summed E-state index contributed by atoms with van der Waals surface area (Å²) in [6.07, 6.45) is -4.88. The summed E-state index contributed by atoms with van der Waals surface area (Å²) in [5.74, 6) is 0.0961. The third-order valence-electron chi connectivity index (χ3n) is 0.974. The highest BCUT2D eigenvalue weighted by Crippen LogP contribution is 2.30. The van der Waals surface area contributed by atoms with E-state index in [0.717, 1.165) is 7.11 Å². The monoisotopic (exact) mass is 168 g/mol. The lowest BCUT2D eigenvalue weighted by atomic mass is 10.3. The largest absolute Gasteiger partial charge is 0.456 e. The van der Waals surface area contributed by atoms with Crippen LogP contribution < -0.4 is 0 Å². The highest BCUT2D eigenvalue weighted by Gasteiger charge is 2.54. The SMILES string of the molecule is CC#CC(O)(OC)C(F)(F)F. The van der Waals surface area contributed by atoms with Gasteiger partial charge < -0.3 is 9.84 Å². The van der Waals surface area contributed by atoms with Gasteiger partial charge in [0, 0.05) is 7.11 Å². The number of hydrogen-bond acceptors (Lipinski definition) is 2. The standard InChI is InChI=1S/C6H7F3O2/c1-3-4-5(10,11-2)6(7,8)9/h10H,1-2H3. The van der Waals surface area contributed by atoms with Crippen LogP contribution in [0.4, 0.5) is 13.2 Å². The lowest BCUT2D eigenvalue weighted by molar-refractivity contribution is -0.327. The molecule has 1 atom stereocenters. The summed E-state index contributed by atoms with van der Waals surface area (Å²) in [6.45, 7) is 1.18. The normalized spacial score (nSPS) is 16.5. The van der Waals surface area contributed by atoms with Crippen molar-refractivity contribution < 1.29 is 23.0 Å². The van der Waals surface area contributed by atoms with E-state index in [1.54, 1.807) is 0 Å². The van der Waals surface area contributed by atoms with Crippen LogP contribution in [0.3, 0.4) is 0 Å². The summed E-state index contributed by atoms with van der Waals surface area (Å²) in [4.78, 5) is 0. The maximum absolute atomic E-state index is 11.8. The number of alkyl halides is 3. The molecule has 2 nitrogen and oxygen atoms in total. The molecule has 0 saturated carbocycles. The van der Waals surface area contributed by atoms with E-state index in [4.69, 9.17) is 5.11 Å². The molecule has 0 radical (unpaired) electrons. The van der Waals surface area contributed by atoms with E-state index in [1.807, 2.05) is 5.92 Å². The van der Waals surface area contributed by atoms with Crippen molar-refractivity contribution in [3.8, 4) is 11.8 Å². The van der Waals surface area contributed by atoms with Crippen LogP contribution in [0.2, 0.25) is 0 Å². The predicted octanol–water partition coefficient (Wildman–Crippen LogP) is 0.907. The molecule has 0 saturated heterocycles. The molecule has 1 unspecified atom stereocenters. The molecule has 0 rings (SSSR count). The Balaban J connectivity index is 4.70. The van der Waals surface area contributed by atoms with Gasteiger partial charge in [0.05, 0.1) is 0 Å². The van der Waals surface area contributed by atoms with Crippen LogP contribution >= 0.6 is 0 Å². The summed E-state index contributed by atoms with van der Waals surface area (Å²) in [7, 11) is 0.734. The van der Waals surface area contributed by atoms with Gasteiger partial charge in [-0.25, -0.2) is 0 Å². The Hall–Kier alpha value is -0.730. The van der Waals surface area contributed by atoms with Gasteiger partial charge in [0.15, 0.2) is 0 Å². The maximum Gasteiger partial charge on any atom is 0.456 e. The zero-order chi connectivity index (χ0) is 9.12. The van der Waals surface area contributed by atoms with Gasteiger partial charge in [0.2, 0.25) is 0 Å². The zero-order valence-corrected chi connectivity index (χ0v) is 5.99. The molecule has 1 N–H and O–H groups in total. The molecule has 0 heterocycles. The first-order chi connectivity index (χ1) is 4.87. The number of hydrogen-bond donors (Lipinski definition) is 1. The van der Waals surface area contributed by atoms with Crippen LogP contribution in [0, 0.1) is 11.8 Å². The van der Waals surface area contributed by atoms with E-state index in [0.29, 0.717) is 0 Å².